The molecule has 1 N–H and O–H groups in total. The molecule has 0 spiro atoms. The Morgan fingerprint density at radius 2 is 1.90 bits per heavy atom. The first-order valence-corrected chi connectivity index (χ1v) is 9.91. The van der Waals surface area contributed by atoms with Crippen LogP contribution >= 0.6 is 11.6 Å². The zero-order valence-electron chi connectivity index (χ0n) is 16.9. The van der Waals surface area contributed by atoms with Gasteiger partial charge in [-0.15, -0.1) is 0 Å². The second-order valence-corrected chi connectivity index (χ2v) is 6.94. The summed E-state index contributed by atoms with van der Waals surface area (Å²) in [6, 6.07) is 14.7. The number of carbonyl (C=O) groups excluding carboxylic acids is 1. The van der Waals surface area contributed by atoms with Crippen LogP contribution in [0.2, 0.25) is 5.02 Å². The SMILES string of the molecule is CCOc1cc(/C=C(\C#N)C(=O)N[C@H](C)CC)ccc1OCc1ccc(Cl)cc1. The molecule has 0 saturated heterocycles. The average molecular weight is 413 g/mol. The van der Waals surface area contributed by atoms with Crippen LogP contribution in [0.4, 0.5) is 0 Å². The van der Waals surface area contributed by atoms with Crippen LogP contribution in [-0.2, 0) is 11.4 Å². The molecule has 0 saturated carbocycles. The molecule has 1 atom stereocenters. The summed E-state index contributed by atoms with van der Waals surface area (Å²) in [5, 5.41) is 12.8. The third-order valence-corrected chi connectivity index (χ3v) is 4.49. The lowest BCUT2D eigenvalue weighted by molar-refractivity contribution is -0.117. The number of rotatable bonds is 9. The van der Waals surface area contributed by atoms with E-state index in [1.54, 1.807) is 24.3 Å². The fourth-order valence-corrected chi connectivity index (χ4v) is 2.59. The number of amides is 1. The lowest BCUT2D eigenvalue weighted by Gasteiger charge is -2.13. The van der Waals surface area contributed by atoms with E-state index in [0.717, 1.165) is 12.0 Å². The van der Waals surface area contributed by atoms with Crippen molar-refractivity contribution in [2.24, 2.45) is 0 Å². The minimum Gasteiger partial charge on any atom is -0.490 e. The monoisotopic (exact) mass is 412 g/mol. The van der Waals surface area contributed by atoms with E-state index in [1.165, 1.54) is 0 Å². The van der Waals surface area contributed by atoms with Crippen LogP contribution < -0.4 is 14.8 Å². The van der Waals surface area contributed by atoms with E-state index in [0.29, 0.717) is 35.3 Å². The Bertz CT molecular complexity index is 901. The van der Waals surface area contributed by atoms with Crippen molar-refractivity contribution in [2.75, 3.05) is 6.61 Å². The average Bonchev–Trinajstić information content (AvgIpc) is 2.72. The Labute approximate surface area is 176 Å². The van der Waals surface area contributed by atoms with E-state index >= 15 is 0 Å². The quantitative estimate of drug-likeness (QED) is 0.457. The van der Waals surface area contributed by atoms with Crippen LogP contribution in [0.25, 0.3) is 6.08 Å². The molecule has 1 amide bonds. The molecule has 0 aromatic heterocycles. The number of ether oxygens (including phenoxy) is 2. The van der Waals surface area contributed by atoms with Gasteiger partial charge in [-0.3, -0.25) is 4.79 Å². The zero-order valence-corrected chi connectivity index (χ0v) is 17.6. The van der Waals surface area contributed by atoms with Gasteiger partial charge in [0.2, 0.25) is 0 Å². The summed E-state index contributed by atoms with van der Waals surface area (Å²) in [5.74, 6) is 0.749. The van der Waals surface area contributed by atoms with E-state index in [2.05, 4.69) is 5.32 Å². The number of hydrogen-bond donors (Lipinski definition) is 1. The minimum absolute atomic E-state index is 0.00174. The number of carbonyl (C=O) groups is 1. The van der Waals surface area contributed by atoms with E-state index in [9.17, 15) is 10.1 Å². The maximum absolute atomic E-state index is 12.2. The van der Waals surface area contributed by atoms with Gasteiger partial charge in [0.05, 0.1) is 6.61 Å². The van der Waals surface area contributed by atoms with Gasteiger partial charge < -0.3 is 14.8 Å². The summed E-state index contributed by atoms with van der Waals surface area (Å²) in [6.07, 6.45) is 2.34. The predicted molar refractivity (Wildman–Crippen MR) is 115 cm³/mol. The molecule has 0 aliphatic rings. The molecule has 6 heteroatoms. The van der Waals surface area contributed by atoms with Crippen molar-refractivity contribution in [3.8, 4) is 17.6 Å². The molecule has 0 bridgehead atoms. The second-order valence-electron chi connectivity index (χ2n) is 6.51. The standard InChI is InChI=1S/C23H25ClN2O3/c1-4-16(3)26-23(27)19(14-25)12-18-8-11-21(22(13-18)28-5-2)29-15-17-6-9-20(24)10-7-17/h6-13,16H,4-5,15H2,1-3H3,(H,26,27)/b19-12+/t16-/m1/s1. The van der Waals surface area contributed by atoms with Crippen molar-refractivity contribution in [1.29, 1.82) is 5.26 Å². The van der Waals surface area contributed by atoms with E-state index in [-0.39, 0.29) is 17.5 Å². The molecular weight excluding hydrogens is 388 g/mol. The Morgan fingerprint density at radius 1 is 1.17 bits per heavy atom. The number of nitrogens with one attached hydrogen (secondary N) is 1. The van der Waals surface area contributed by atoms with Crippen molar-refractivity contribution in [1.82, 2.24) is 5.32 Å². The lowest BCUT2D eigenvalue weighted by atomic mass is 10.1. The van der Waals surface area contributed by atoms with Gasteiger partial charge in [0.15, 0.2) is 11.5 Å². The highest BCUT2D eigenvalue weighted by atomic mass is 35.5. The van der Waals surface area contributed by atoms with Crippen LogP contribution in [0.5, 0.6) is 11.5 Å². The number of nitrogens with zero attached hydrogens (tertiary/aromatic N) is 1. The molecule has 0 aliphatic heterocycles. The van der Waals surface area contributed by atoms with Gasteiger partial charge in [-0.05, 0) is 61.7 Å². The number of hydrogen-bond acceptors (Lipinski definition) is 4. The van der Waals surface area contributed by atoms with Crippen LogP contribution in [0, 0.1) is 11.3 Å². The van der Waals surface area contributed by atoms with Gasteiger partial charge in [0.25, 0.3) is 5.91 Å². The zero-order chi connectivity index (χ0) is 21.2. The topological polar surface area (TPSA) is 71.3 Å². The first-order valence-electron chi connectivity index (χ1n) is 9.53. The number of benzene rings is 2. The largest absolute Gasteiger partial charge is 0.490 e. The number of halogens is 1. The molecule has 2 aromatic rings. The van der Waals surface area contributed by atoms with E-state index in [4.69, 9.17) is 21.1 Å². The van der Waals surface area contributed by atoms with Crippen LogP contribution in [0.3, 0.4) is 0 Å². The maximum Gasteiger partial charge on any atom is 0.262 e. The van der Waals surface area contributed by atoms with Gasteiger partial charge >= 0.3 is 0 Å². The highest BCUT2D eigenvalue weighted by Gasteiger charge is 2.13. The fraction of sp³-hybridized carbons (Fsp3) is 0.304. The molecule has 0 aliphatic carbocycles. The maximum atomic E-state index is 12.2. The van der Waals surface area contributed by atoms with Crippen LogP contribution in [0.15, 0.2) is 48.0 Å². The third kappa shape index (κ3) is 6.85. The highest BCUT2D eigenvalue weighted by Crippen LogP contribution is 2.30. The first-order chi connectivity index (χ1) is 14.0. The fourth-order valence-electron chi connectivity index (χ4n) is 2.46. The summed E-state index contributed by atoms with van der Waals surface area (Å²) in [5.41, 5.74) is 1.71. The van der Waals surface area contributed by atoms with Crippen LogP contribution in [0.1, 0.15) is 38.3 Å². The lowest BCUT2D eigenvalue weighted by Crippen LogP contribution is -2.32. The first kappa shape index (κ1) is 22.3. The molecule has 2 rings (SSSR count). The highest BCUT2D eigenvalue weighted by molar-refractivity contribution is 6.30. The predicted octanol–water partition coefficient (Wildman–Crippen LogP) is 5.14. The summed E-state index contributed by atoms with van der Waals surface area (Å²) < 4.78 is 11.6. The molecular formula is C23H25ClN2O3. The van der Waals surface area contributed by atoms with Gasteiger partial charge in [0, 0.05) is 11.1 Å². The summed E-state index contributed by atoms with van der Waals surface area (Å²) in [4.78, 5) is 12.2. The van der Waals surface area contributed by atoms with Crippen LogP contribution in [-0.4, -0.2) is 18.6 Å². The molecule has 152 valence electrons. The summed E-state index contributed by atoms with van der Waals surface area (Å²) in [6.45, 7) is 6.58. The normalized spacial score (nSPS) is 12.0. The Hall–Kier alpha value is -2.97. The third-order valence-electron chi connectivity index (χ3n) is 4.24. The van der Waals surface area contributed by atoms with Gasteiger partial charge in [0.1, 0.15) is 18.2 Å². The van der Waals surface area contributed by atoms with Crippen molar-refractivity contribution in [3.05, 3.63) is 64.2 Å². The summed E-state index contributed by atoms with van der Waals surface area (Å²) >= 11 is 5.91. The smallest absolute Gasteiger partial charge is 0.262 e. The van der Waals surface area contributed by atoms with E-state index < -0.39 is 0 Å². The van der Waals surface area contributed by atoms with Crippen molar-refractivity contribution in [3.63, 3.8) is 0 Å². The minimum atomic E-state index is -0.386. The summed E-state index contributed by atoms with van der Waals surface area (Å²) in [7, 11) is 0. The second kappa shape index (κ2) is 11.1. The molecule has 0 fully saturated rings. The van der Waals surface area contributed by atoms with Crippen molar-refractivity contribution >= 4 is 23.6 Å². The molecule has 5 nitrogen and oxygen atoms in total. The Kier molecular flexibility index (Phi) is 8.57. The van der Waals surface area contributed by atoms with Gasteiger partial charge in [-0.2, -0.15) is 5.26 Å². The Morgan fingerprint density at radius 3 is 2.52 bits per heavy atom. The molecule has 0 radical (unpaired) electrons. The van der Waals surface area contributed by atoms with E-state index in [1.807, 2.05) is 51.1 Å². The Balaban J connectivity index is 2.19. The molecule has 0 unspecified atom stereocenters. The molecule has 0 heterocycles. The molecule has 29 heavy (non-hydrogen) atoms. The van der Waals surface area contributed by atoms with Crippen molar-refractivity contribution in [2.45, 2.75) is 39.8 Å². The van der Waals surface area contributed by atoms with Gasteiger partial charge in [-0.1, -0.05) is 36.7 Å². The van der Waals surface area contributed by atoms with Gasteiger partial charge in [-0.25, -0.2) is 0 Å². The number of nitriles is 1. The molecule has 2 aromatic carbocycles. The van der Waals surface area contributed by atoms with Crippen molar-refractivity contribution < 1.29 is 14.3 Å².